The van der Waals surface area contributed by atoms with Crippen molar-refractivity contribution in [3.63, 3.8) is 0 Å². The Morgan fingerprint density at radius 3 is 2.76 bits per heavy atom. The molecule has 1 aromatic heterocycles. The quantitative estimate of drug-likeness (QED) is 0.799. The lowest BCUT2D eigenvalue weighted by molar-refractivity contribution is 0.377. The summed E-state index contributed by atoms with van der Waals surface area (Å²) < 4.78 is 10.8. The Labute approximate surface area is 108 Å². The van der Waals surface area contributed by atoms with E-state index in [2.05, 4.69) is 10.2 Å². The Hall–Kier alpha value is -1.33. The van der Waals surface area contributed by atoms with Crippen molar-refractivity contribution in [1.82, 2.24) is 10.2 Å². The summed E-state index contributed by atoms with van der Waals surface area (Å²) in [4.78, 5) is 0. The van der Waals surface area contributed by atoms with Gasteiger partial charge in [0.1, 0.15) is 5.01 Å². The summed E-state index contributed by atoms with van der Waals surface area (Å²) >= 11 is 6.97. The maximum absolute atomic E-state index is 5.65. The summed E-state index contributed by atoms with van der Waals surface area (Å²) in [6, 6.07) is 5.69. The van der Waals surface area contributed by atoms with Crippen molar-refractivity contribution in [2.75, 3.05) is 7.11 Å². The van der Waals surface area contributed by atoms with Crippen LogP contribution in [0.15, 0.2) is 18.2 Å². The maximum Gasteiger partial charge on any atom is 0.299 e. The van der Waals surface area contributed by atoms with Crippen LogP contribution in [0.4, 0.5) is 0 Å². The number of methoxy groups -OCH3 is 1. The maximum atomic E-state index is 5.65. The monoisotopic (exact) mass is 270 g/mol. The van der Waals surface area contributed by atoms with E-state index in [-0.39, 0.29) is 0 Å². The van der Waals surface area contributed by atoms with E-state index >= 15 is 0 Å². The highest BCUT2D eigenvalue weighted by atomic mass is 35.5. The van der Waals surface area contributed by atoms with Gasteiger partial charge < -0.3 is 9.47 Å². The fourth-order valence-corrected chi connectivity index (χ4v) is 2.05. The molecule has 0 aliphatic heterocycles. The largest absolute Gasteiger partial charge is 0.493 e. The van der Waals surface area contributed by atoms with E-state index in [9.17, 15) is 0 Å². The lowest BCUT2D eigenvalue weighted by Crippen LogP contribution is -1.90. The first-order chi connectivity index (χ1) is 8.22. The summed E-state index contributed by atoms with van der Waals surface area (Å²) in [5.74, 6) is 1.63. The molecule has 1 aromatic carbocycles. The van der Waals surface area contributed by atoms with Crippen molar-refractivity contribution >= 4 is 22.9 Å². The molecule has 0 saturated carbocycles. The number of aryl methyl sites for hydroxylation is 1. The van der Waals surface area contributed by atoms with Gasteiger partial charge in [0.05, 0.1) is 13.0 Å². The second-order valence-corrected chi connectivity index (χ2v) is 4.64. The van der Waals surface area contributed by atoms with Gasteiger partial charge in [0.25, 0.3) is 5.19 Å². The van der Waals surface area contributed by atoms with E-state index in [1.807, 2.05) is 25.1 Å². The standard InChI is InChI=1S/C11H11ClN2O2S/c1-7-3-4-8(9(5-7)15-2)16-11-14-13-10(6-12)17-11/h3-5H,6H2,1-2H3. The van der Waals surface area contributed by atoms with Gasteiger partial charge in [-0.05, 0) is 24.6 Å². The Kier molecular flexibility index (Phi) is 3.81. The van der Waals surface area contributed by atoms with Gasteiger partial charge in [-0.15, -0.1) is 16.7 Å². The van der Waals surface area contributed by atoms with Crippen LogP contribution in [0, 0.1) is 6.92 Å². The van der Waals surface area contributed by atoms with Crippen LogP contribution in [0.2, 0.25) is 0 Å². The van der Waals surface area contributed by atoms with Crippen LogP contribution in [0.3, 0.4) is 0 Å². The number of alkyl halides is 1. The molecule has 0 unspecified atom stereocenters. The van der Waals surface area contributed by atoms with Crippen molar-refractivity contribution in [2.24, 2.45) is 0 Å². The summed E-state index contributed by atoms with van der Waals surface area (Å²) in [7, 11) is 1.60. The van der Waals surface area contributed by atoms with Crippen LogP contribution in [0.25, 0.3) is 0 Å². The molecule has 0 aliphatic rings. The molecule has 2 rings (SSSR count). The van der Waals surface area contributed by atoms with E-state index in [1.165, 1.54) is 11.3 Å². The molecule has 0 saturated heterocycles. The van der Waals surface area contributed by atoms with E-state index in [4.69, 9.17) is 21.1 Å². The lowest BCUT2D eigenvalue weighted by Gasteiger charge is -2.08. The second-order valence-electron chi connectivity index (χ2n) is 3.35. The van der Waals surface area contributed by atoms with Crippen LogP contribution >= 0.6 is 22.9 Å². The van der Waals surface area contributed by atoms with Gasteiger partial charge in [-0.1, -0.05) is 22.5 Å². The van der Waals surface area contributed by atoms with Crippen molar-refractivity contribution in [3.05, 3.63) is 28.8 Å². The topological polar surface area (TPSA) is 44.2 Å². The van der Waals surface area contributed by atoms with Gasteiger partial charge in [0.15, 0.2) is 11.5 Å². The average Bonchev–Trinajstić information content (AvgIpc) is 2.79. The number of ether oxygens (including phenoxy) is 2. The molecular weight excluding hydrogens is 260 g/mol. The molecule has 1 heterocycles. The van der Waals surface area contributed by atoms with Gasteiger partial charge in [-0.2, -0.15) is 0 Å². The molecule has 4 nitrogen and oxygen atoms in total. The first-order valence-corrected chi connectivity index (χ1v) is 6.29. The van der Waals surface area contributed by atoms with Gasteiger partial charge in [0, 0.05) is 0 Å². The van der Waals surface area contributed by atoms with Crippen LogP contribution in [-0.4, -0.2) is 17.3 Å². The Bertz CT molecular complexity index is 516. The highest BCUT2D eigenvalue weighted by Crippen LogP contribution is 2.33. The van der Waals surface area contributed by atoms with E-state index < -0.39 is 0 Å². The molecular formula is C11H11ClN2O2S. The number of hydrogen-bond donors (Lipinski definition) is 0. The third kappa shape index (κ3) is 2.87. The Morgan fingerprint density at radius 1 is 1.29 bits per heavy atom. The minimum Gasteiger partial charge on any atom is -0.493 e. The average molecular weight is 271 g/mol. The van der Waals surface area contributed by atoms with E-state index in [1.54, 1.807) is 7.11 Å². The van der Waals surface area contributed by atoms with Crippen LogP contribution < -0.4 is 9.47 Å². The molecule has 0 atom stereocenters. The smallest absolute Gasteiger partial charge is 0.299 e. The number of rotatable bonds is 4. The minimum atomic E-state index is 0.339. The summed E-state index contributed by atoms with van der Waals surface area (Å²) in [6.07, 6.45) is 0. The third-order valence-electron chi connectivity index (χ3n) is 2.08. The number of aromatic nitrogens is 2. The van der Waals surface area contributed by atoms with Crippen molar-refractivity contribution in [2.45, 2.75) is 12.8 Å². The highest BCUT2D eigenvalue weighted by Gasteiger charge is 2.09. The predicted octanol–water partition coefficient (Wildman–Crippen LogP) is 3.39. The molecule has 17 heavy (non-hydrogen) atoms. The summed E-state index contributed by atoms with van der Waals surface area (Å²) in [5, 5.41) is 8.95. The molecule has 2 aromatic rings. The van der Waals surface area contributed by atoms with Crippen LogP contribution in [-0.2, 0) is 5.88 Å². The van der Waals surface area contributed by atoms with Crippen LogP contribution in [0.5, 0.6) is 16.7 Å². The fraction of sp³-hybridized carbons (Fsp3) is 0.273. The zero-order valence-corrected chi connectivity index (χ0v) is 11.0. The molecule has 0 amide bonds. The molecule has 0 bridgehead atoms. The fourth-order valence-electron chi connectivity index (χ4n) is 1.29. The summed E-state index contributed by atoms with van der Waals surface area (Å²) in [5.41, 5.74) is 1.10. The van der Waals surface area contributed by atoms with Gasteiger partial charge in [0.2, 0.25) is 0 Å². The molecule has 0 fully saturated rings. The number of halogens is 1. The minimum absolute atomic E-state index is 0.339. The van der Waals surface area contributed by atoms with E-state index in [0.717, 1.165) is 10.6 Å². The highest BCUT2D eigenvalue weighted by molar-refractivity contribution is 7.13. The molecule has 6 heteroatoms. The van der Waals surface area contributed by atoms with E-state index in [0.29, 0.717) is 22.6 Å². The third-order valence-corrected chi connectivity index (χ3v) is 3.29. The molecule has 90 valence electrons. The zero-order valence-electron chi connectivity index (χ0n) is 9.44. The Morgan fingerprint density at radius 2 is 2.12 bits per heavy atom. The predicted molar refractivity (Wildman–Crippen MR) is 67.3 cm³/mol. The van der Waals surface area contributed by atoms with Crippen molar-refractivity contribution in [1.29, 1.82) is 0 Å². The first-order valence-electron chi connectivity index (χ1n) is 4.93. The van der Waals surface area contributed by atoms with Gasteiger partial charge in [-0.25, -0.2) is 0 Å². The van der Waals surface area contributed by atoms with Crippen LogP contribution in [0.1, 0.15) is 10.6 Å². The van der Waals surface area contributed by atoms with Crippen molar-refractivity contribution in [3.8, 4) is 16.7 Å². The normalized spacial score (nSPS) is 10.3. The van der Waals surface area contributed by atoms with Gasteiger partial charge >= 0.3 is 0 Å². The molecule has 0 radical (unpaired) electrons. The zero-order chi connectivity index (χ0) is 12.3. The molecule has 0 aliphatic carbocycles. The number of hydrogen-bond acceptors (Lipinski definition) is 5. The SMILES string of the molecule is COc1cc(C)ccc1Oc1nnc(CCl)s1. The molecule has 0 N–H and O–H groups in total. The summed E-state index contributed by atoms with van der Waals surface area (Å²) in [6.45, 7) is 1.99. The number of benzene rings is 1. The first kappa shape index (κ1) is 12.1. The van der Waals surface area contributed by atoms with Crippen molar-refractivity contribution < 1.29 is 9.47 Å². The Balaban J connectivity index is 2.23. The molecule has 0 spiro atoms. The van der Waals surface area contributed by atoms with Gasteiger partial charge in [-0.3, -0.25) is 0 Å². The second kappa shape index (κ2) is 5.33. The number of nitrogens with zero attached hydrogens (tertiary/aromatic N) is 2. The lowest BCUT2D eigenvalue weighted by atomic mass is 10.2.